The Hall–Kier alpha value is -2.08. The molecular formula is C13H14N2O. The first-order valence-corrected chi connectivity index (χ1v) is 5.01. The molecule has 1 aromatic carbocycles. The molecule has 0 radical (unpaired) electrons. The minimum absolute atomic E-state index is 0.00510. The number of nitriles is 1. The fraction of sp³-hybridized carbons (Fsp3) is 0.231. The summed E-state index contributed by atoms with van der Waals surface area (Å²) in [6.45, 7) is 5.07. The molecule has 1 rings (SSSR count). The molecule has 0 aromatic heterocycles. The van der Waals surface area contributed by atoms with Gasteiger partial charge in [0, 0.05) is 22.5 Å². The highest BCUT2D eigenvalue weighted by molar-refractivity contribution is 5.99. The molecule has 0 amide bonds. The van der Waals surface area contributed by atoms with Gasteiger partial charge in [0.1, 0.15) is 0 Å². The van der Waals surface area contributed by atoms with Gasteiger partial charge in [0.25, 0.3) is 0 Å². The number of benzene rings is 1. The van der Waals surface area contributed by atoms with Gasteiger partial charge in [0.15, 0.2) is 5.78 Å². The van der Waals surface area contributed by atoms with Crippen molar-refractivity contribution < 1.29 is 4.79 Å². The second kappa shape index (κ2) is 5.13. The maximum Gasteiger partial charge on any atom is 0.161 e. The third-order valence-corrected chi connectivity index (χ3v) is 2.36. The summed E-state index contributed by atoms with van der Waals surface area (Å²) in [5, 5.41) is 11.8. The second-order valence-electron chi connectivity index (χ2n) is 3.59. The first-order chi connectivity index (χ1) is 7.56. The monoisotopic (exact) mass is 214 g/mol. The molecule has 0 atom stereocenters. The molecule has 0 bridgehead atoms. The van der Waals surface area contributed by atoms with Crippen molar-refractivity contribution >= 4 is 11.5 Å². The molecule has 82 valence electrons. The third-order valence-electron chi connectivity index (χ3n) is 2.36. The number of carbonyl (C=O) groups excluding carboxylic acids is 1. The molecule has 0 saturated carbocycles. The summed E-state index contributed by atoms with van der Waals surface area (Å²) in [5.41, 5.74) is 2.74. The highest BCUT2D eigenvalue weighted by Gasteiger charge is 2.06. The summed E-state index contributed by atoms with van der Waals surface area (Å²) in [7, 11) is 0. The number of Topliss-reactive ketones (excluding diaryl/α,β-unsaturated/α-hetero) is 1. The summed E-state index contributed by atoms with van der Waals surface area (Å²) in [6.07, 6.45) is 0. The number of nitrogens with zero attached hydrogens (tertiary/aromatic N) is 1. The Balaban J connectivity index is 3.08. The SMILES string of the molecule is CC(=O)c1ccccc1N/C(C)=C(\C)C#N. The van der Waals surface area contributed by atoms with Crippen LogP contribution in [0.4, 0.5) is 5.69 Å². The zero-order valence-corrected chi connectivity index (χ0v) is 9.66. The average Bonchev–Trinajstić information content (AvgIpc) is 2.28. The Bertz CT molecular complexity index is 481. The van der Waals surface area contributed by atoms with Crippen molar-refractivity contribution in [2.24, 2.45) is 0 Å². The van der Waals surface area contributed by atoms with Crippen LogP contribution in [0.5, 0.6) is 0 Å². The van der Waals surface area contributed by atoms with Gasteiger partial charge < -0.3 is 5.32 Å². The van der Waals surface area contributed by atoms with Crippen molar-refractivity contribution in [2.75, 3.05) is 5.32 Å². The lowest BCUT2D eigenvalue weighted by atomic mass is 10.1. The van der Waals surface area contributed by atoms with Crippen molar-refractivity contribution in [3.05, 3.63) is 41.1 Å². The van der Waals surface area contributed by atoms with Crippen molar-refractivity contribution in [2.45, 2.75) is 20.8 Å². The summed E-state index contributed by atoms with van der Waals surface area (Å²) >= 11 is 0. The van der Waals surface area contributed by atoms with Crippen LogP contribution in [-0.2, 0) is 0 Å². The topological polar surface area (TPSA) is 52.9 Å². The van der Waals surface area contributed by atoms with E-state index in [0.717, 1.165) is 11.4 Å². The van der Waals surface area contributed by atoms with Crippen LogP contribution in [0.2, 0.25) is 0 Å². The quantitative estimate of drug-likeness (QED) is 0.621. The Morgan fingerprint density at radius 2 is 1.88 bits per heavy atom. The normalized spacial score (nSPS) is 11.4. The van der Waals surface area contributed by atoms with Gasteiger partial charge >= 0.3 is 0 Å². The van der Waals surface area contributed by atoms with Crippen molar-refractivity contribution in [3.8, 4) is 6.07 Å². The van der Waals surface area contributed by atoms with Gasteiger partial charge in [0.05, 0.1) is 6.07 Å². The Labute approximate surface area is 95.4 Å². The molecule has 0 aliphatic rings. The van der Waals surface area contributed by atoms with Crippen LogP contribution in [-0.4, -0.2) is 5.78 Å². The number of allylic oxidation sites excluding steroid dienone is 2. The second-order valence-corrected chi connectivity index (χ2v) is 3.59. The molecule has 0 aliphatic heterocycles. The number of nitrogens with one attached hydrogen (secondary N) is 1. The van der Waals surface area contributed by atoms with E-state index in [1.54, 1.807) is 13.0 Å². The maximum atomic E-state index is 11.4. The number of ketones is 1. The molecule has 0 spiro atoms. The highest BCUT2D eigenvalue weighted by Crippen LogP contribution is 2.18. The van der Waals surface area contributed by atoms with Gasteiger partial charge in [-0.3, -0.25) is 4.79 Å². The summed E-state index contributed by atoms with van der Waals surface area (Å²) in [4.78, 5) is 11.4. The van der Waals surface area contributed by atoms with Gasteiger partial charge in [-0.15, -0.1) is 0 Å². The molecule has 1 aromatic rings. The van der Waals surface area contributed by atoms with E-state index in [9.17, 15) is 4.79 Å². The minimum Gasteiger partial charge on any atom is -0.358 e. The largest absolute Gasteiger partial charge is 0.358 e. The summed E-state index contributed by atoms with van der Waals surface area (Å²) in [5.74, 6) is 0.00510. The number of para-hydroxylation sites is 1. The molecule has 0 heterocycles. The fourth-order valence-corrected chi connectivity index (χ4v) is 1.28. The first kappa shape index (κ1) is 12.0. The molecule has 0 saturated heterocycles. The van der Waals surface area contributed by atoms with Gasteiger partial charge in [-0.05, 0) is 32.9 Å². The molecule has 3 nitrogen and oxygen atoms in total. The number of carbonyl (C=O) groups is 1. The van der Waals surface area contributed by atoms with E-state index in [-0.39, 0.29) is 5.78 Å². The van der Waals surface area contributed by atoms with Crippen LogP contribution < -0.4 is 5.32 Å². The minimum atomic E-state index is 0.00510. The maximum absolute atomic E-state index is 11.4. The van der Waals surface area contributed by atoms with Crippen molar-refractivity contribution in [3.63, 3.8) is 0 Å². The van der Waals surface area contributed by atoms with E-state index in [1.807, 2.05) is 25.1 Å². The Kier molecular flexibility index (Phi) is 3.84. The molecule has 1 N–H and O–H groups in total. The van der Waals surface area contributed by atoms with Gasteiger partial charge in [-0.2, -0.15) is 5.26 Å². The number of rotatable bonds is 3. The molecule has 0 unspecified atom stereocenters. The van der Waals surface area contributed by atoms with Crippen molar-refractivity contribution in [1.82, 2.24) is 0 Å². The van der Waals surface area contributed by atoms with E-state index in [1.165, 1.54) is 6.92 Å². The lowest BCUT2D eigenvalue weighted by Crippen LogP contribution is -2.04. The first-order valence-electron chi connectivity index (χ1n) is 5.01. The van der Waals surface area contributed by atoms with Crippen molar-refractivity contribution in [1.29, 1.82) is 5.26 Å². The smallest absolute Gasteiger partial charge is 0.161 e. The fourth-order valence-electron chi connectivity index (χ4n) is 1.28. The van der Waals surface area contributed by atoms with Crippen LogP contribution in [0.3, 0.4) is 0 Å². The zero-order chi connectivity index (χ0) is 12.1. The number of hydrogen-bond donors (Lipinski definition) is 1. The van der Waals surface area contributed by atoms with E-state index >= 15 is 0 Å². The lowest BCUT2D eigenvalue weighted by molar-refractivity contribution is 0.101. The number of hydrogen-bond acceptors (Lipinski definition) is 3. The molecule has 0 fully saturated rings. The van der Waals surface area contributed by atoms with Crippen LogP contribution in [0.25, 0.3) is 0 Å². The average molecular weight is 214 g/mol. The predicted molar refractivity (Wildman–Crippen MR) is 64.1 cm³/mol. The lowest BCUT2D eigenvalue weighted by Gasteiger charge is -2.10. The Morgan fingerprint density at radius 3 is 2.44 bits per heavy atom. The highest BCUT2D eigenvalue weighted by atomic mass is 16.1. The summed E-state index contributed by atoms with van der Waals surface area (Å²) < 4.78 is 0. The molecule has 16 heavy (non-hydrogen) atoms. The Morgan fingerprint density at radius 1 is 1.25 bits per heavy atom. The van der Waals surface area contributed by atoms with Gasteiger partial charge in [0.2, 0.25) is 0 Å². The van der Waals surface area contributed by atoms with Gasteiger partial charge in [-0.1, -0.05) is 12.1 Å². The zero-order valence-electron chi connectivity index (χ0n) is 9.66. The van der Waals surface area contributed by atoms with E-state index in [2.05, 4.69) is 11.4 Å². The van der Waals surface area contributed by atoms with E-state index < -0.39 is 0 Å². The molecular weight excluding hydrogens is 200 g/mol. The summed E-state index contributed by atoms with van der Waals surface area (Å²) in [6, 6.07) is 9.32. The van der Waals surface area contributed by atoms with Crippen LogP contribution >= 0.6 is 0 Å². The van der Waals surface area contributed by atoms with E-state index in [4.69, 9.17) is 5.26 Å². The molecule has 0 aliphatic carbocycles. The van der Waals surface area contributed by atoms with E-state index in [0.29, 0.717) is 11.1 Å². The van der Waals surface area contributed by atoms with Crippen LogP contribution in [0.15, 0.2) is 35.5 Å². The molecule has 3 heteroatoms. The van der Waals surface area contributed by atoms with Crippen LogP contribution in [0, 0.1) is 11.3 Å². The van der Waals surface area contributed by atoms with Gasteiger partial charge in [-0.25, -0.2) is 0 Å². The third kappa shape index (κ3) is 2.71. The number of anilines is 1. The standard InChI is InChI=1S/C13H14N2O/c1-9(8-14)10(2)15-13-7-5-4-6-12(13)11(3)16/h4-7,15H,1-3H3/b10-9+. The van der Waals surface area contributed by atoms with Crippen LogP contribution in [0.1, 0.15) is 31.1 Å². The predicted octanol–water partition coefficient (Wildman–Crippen LogP) is 3.12.